The highest BCUT2D eigenvalue weighted by Gasteiger charge is 2.20. The van der Waals surface area contributed by atoms with Crippen molar-refractivity contribution in [2.75, 3.05) is 38.2 Å². The summed E-state index contributed by atoms with van der Waals surface area (Å²) in [7, 11) is 1.74. The van der Waals surface area contributed by atoms with Gasteiger partial charge in [0.05, 0.1) is 29.6 Å². The van der Waals surface area contributed by atoms with Crippen LogP contribution < -0.4 is 9.64 Å². The Hall–Kier alpha value is -2.11. The van der Waals surface area contributed by atoms with Gasteiger partial charge in [-0.3, -0.25) is 4.90 Å². The van der Waals surface area contributed by atoms with Gasteiger partial charge in [-0.15, -0.1) is 11.3 Å². The maximum atomic E-state index is 5.49. The normalized spacial score (nSPS) is 15.8. The fraction of sp³-hybridized carbons (Fsp3) is 0.316. The van der Waals surface area contributed by atoms with E-state index >= 15 is 0 Å². The molecule has 0 aliphatic carbocycles. The van der Waals surface area contributed by atoms with Gasteiger partial charge in [0.25, 0.3) is 0 Å². The average molecular weight is 339 g/mol. The Balaban J connectivity index is 1.41. The Bertz CT molecular complexity index is 791. The average Bonchev–Trinajstić information content (AvgIpc) is 3.04. The van der Waals surface area contributed by atoms with Crippen LogP contribution >= 0.6 is 11.3 Å². The molecule has 4 rings (SSSR count). The Morgan fingerprint density at radius 3 is 2.54 bits per heavy atom. The molecule has 0 N–H and O–H groups in total. The summed E-state index contributed by atoms with van der Waals surface area (Å²) in [6.45, 7) is 5.08. The predicted octanol–water partition coefficient (Wildman–Crippen LogP) is 3.63. The lowest BCUT2D eigenvalue weighted by atomic mass is 10.2. The van der Waals surface area contributed by atoms with E-state index in [4.69, 9.17) is 9.72 Å². The molecule has 1 saturated heterocycles. The number of nitrogens with zero attached hydrogens (tertiary/aromatic N) is 3. The van der Waals surface area contributed by atoms with Gasteiger partial charge < -0.3 is 9.64 Å². The van der Waals surface area contributed by atoms with E-state index in [2.05, 4.69) is 46.2 Å². The molecule has 0 unspecified atom stereocenters. The van der Waals surface area contributed by atoms with Crippen LogP contribution in [0.15, 0.2) is 48.5 Å². The summed E-state index contributed by atoms with van der Waals surface area (Å²) in [5.41, 5.74) is 2.31. The first-order valence-corrected chi connectivity index (χ1v) is 9.10. The molecule has 0 radical (unpaired) electrons. The van der Waals surface area contributed by atoms with E-state index in [0.29, 0.717) is 0 Å². The number of thiazole rings is 1. The van der Waals surface area contributed by atoms with Gasteiger partial charge in [0.15, 0.2) is 0 Å². The van der Waals surface area contributed by atoms with Gasteiger partial charge in [-0.25, -0.2) is 4.98 Å². The number of hydrogen-bond donors (Lipinski definition) is 0. The number of rotatable bonds is 4. The molecule has 124 valence electrons. The van der Waals surface area contributed by atoms with Crippen molar-refractivity contribution in [1.29, 1.82) is 0 Å². The number of aromatic nitrogens is 1. The van der Waals surface area contributed by atoms with E-state index in [-0.39, 0.29) is 0 Å². The molecular formula is C19H21N3OS. The van der Waals surface area contributed by atoms with E-state index < -0.39 is 0 Å². The van der Waals surface area contributed by atoms with Crippen LogP contribution in [0.4, 0.5) is 5.69 Å². The molecule has 4 nitrogen and oxygen atoms in total. The molecular weight excluding hydrogens is 318 g/mol. The molecule has 24 heavy (non-hydrogen) atoms. The van der Waals surface area contributed by atoms with Gasteiger partial charge in [0, 0.05) is 26.2 Å². The minimum Gasteiger partial charge on any atom is -0.495 e. The van der Waals surface area contributed by atoms with Crippen molar-refractivity contribution >= 4 is 27.2 Å². The highest BCUT2D eigenvalue weighted by molar-refractivity contribution is 7.18. The van der Waals surface area contributed by atoms with Crippen molar-refractivity contribution in [2.45, 2.75) is 6.54 Å². The second kappa shape index (κ2) is 6.79. The second-order valence-corrected chi connectivity index (χ2v) is 7.13. The molecule has 0 atom stereocenters. The standard InChI is InChI=1S/C19H21N3OS/c1-23-17-8-4-3-7-16(17)22-12-10-21(11-13-22)14-19-20-15-6-2-5-9-18(15)24-19/h2-9H,10-14H2,1H3. The third-order valence-corrected chi connectivity index (χ3v) is 5.52. The summed E-state index contributed by atoms with van der Waals surface area (Å²) >= 11 is 1.81. The summed E-state index contributed by atoms with van der Waals surface area (Å²) in [5, 5.41) is 1.21. The van der Waals surface area contributed by atoms with Crippen LogP contribution in [-0.4, -0.2) is 43.2 Å². The maximum absolute atomic E-state index is 5.49. The van der Waals surface area contributed by atoms with Gasteiger partial charge in [-0.2, -0.15) is 0 Å². The van der Waals surface area contributed by atoms with Crippen LogP contribution in [0.2, 0.25) is 0 Å². The summed E-state index contributed by atoms with van der Waals surface area (Å²) in [4.78, 5) is 9.65. The topological polar surface area (TPSA) is 28.6 Å². The Morgan fingerprint density at radius 1 is 1.00 bits per heavy atom. The van der Waals surface area contributed by atoms with Crippen LogP contribution in [0.25, 0.3) is 10.2 Å². The largest absolute Gasteiger partial charge is 0.495 e. The number of hydrogen-bond acceptors (Lipinski definition) is 5. The number of ether oxygens (including phenoxy) is 1. The Morgan fingerprint density at radius 2 is 1.75 bits per heavy atom. The number of anilines is 1. The molecule has 0 bridgehead atoms. The van der Waals surface area contributed by atoms with Crippen molar-refractivity contribution in [3.63, 3.8) is 0 Å². The van der Waals surface area contributed by atoms with Crippen molar-refractivity contribution < 1.29 is 4.74 Å². The highest BCUT2D eigenvalue weighted by atomic mass is 32.1. The molecule has 0 spiro atoms. The monoisotopic (exact) mass is 339 g/mol. The summed E-state index contributed by atoms with van der Waals surface area (Å²) < 4.78 is 6.77. The highest BCUT2D eigenvalue weighted by Crippen LogP contribution is 2.29. The first-order chi connectivity index (χ1) is 11.8. The van der Waals surface area contributed by atoms with Gasteiger partial charge in [-0.1, -0.05) is 24.3 Å². The van der Waals surface area contributed by atoms with E-state index in [9.17, 15) is 0 Å². The predicted molar refractivity (Wildman–Crippen MR) is 100 cm³/mol. The molecule has 0 saturated carbocycles. The minimum atomic E-state index is 0.944. The fourth-order valence-corrected chi connectivity index (χ4v) is 4.23. The van der Waals surface area contributed by atoms with Crippen LogP contribution in [0.5, 0.6) is 5.75 Å². The van der Waals surface area contributed by atoms with E-state index in [1.807, 2.05) is 23.5 Å². The number of methoxy groups -OCH3 is 1. The van der Waals surface area contributed by atoms with E-state index in [1.165, 1.54) is 15.4 Å². The molecule has 1 aromatic heterocycles. The molecule has 1 aliphatic rings. The zero-order chi connectivity index (χ0) is 16.4. The lowest BCUT2D eigenvalue weighted by Crippen LogP contribution is -2.46. The van der Waals surface area contributed by atoms with Gasteiger partial charge in [-0.05, 0) is 24.3 Å². The van der Waals surface area contributed by atoms with Crippen LogP contribution in [0, 0.1) is 0 Å². The van der Waals surface area contributed by atoms with Gasteiger partial charge >= 0.3 is 0 Å². The molecule has 2 aromatic carbocycles. The van der Waals surface area contributed by atoms with Crippen molar-refractivity contribution in [3.05, 3.63) is 53.5 Å². The number of para-hydroxylation sites is 3. The van der Waals surface area contributed by atoms with Crippen LogP contribution in [-0.2, 0) is 6.54 Å². The summed E-state index contributed by atoms with van der Waals surface area (Å²) in [5.74, 6) is 0.956. The Labute approximate surface area is 146 Å². The second-order valence-electron chi connectivity index (χ2n) is 6.01. The first kappa shape index (κ1) is 15.4. The van der Waals surface area contributed by atoms with Crippen molar-refractivity contribution in [1.82, 2.24) is 9.88 Å². The lowest BCUT2D eigenvalue weighted by molar-refractivity contribution is 0.249. The quantitative estimate of drug-likeness (QED) is 0.726. The van der Waals surface area contributed by atoms with Gasteiger partial charge in [0.2, 0.25) is 0 Å². The maximum Gasteiger partial charge on any atom is 0.142 e. The minimum absolute atomic E-state index is 0.944. The molecule has 1 aliphatic heterocycles. The van der Waals surface area contributed by atoms with Crippen LogP contribution in [0.1, 0.15) is 5.01 Å². The molecule has 1 fully saturated rings. The van der Waals surface area contributed by atoms with Crippen LogP contribution in [0.3, 0.4) is 0 Å². The summed E-state index contributed by atoms with van der Waals surface area (Å²) in [6.07, 6.45) is 0. The number of benzene rings is 2. The molecule has 5 heteroatoms. The van der Waals surface area contributed by atoms with Crippen molar-refractivity contribution in [3.8, 4) is 5.75 Å². The first-order valence-electron chi connectivity index (χ1n) is 8.28. The lowest BCUT2D eigenvalue weighted by Gasteiger charge is -2.36. The third kappa shape index (κ3) is 3.09. The Kier molecular flexibility index (Phi) is 4.36. The zero-order valence-electron chi connectivity index (χ0n) is 13.8. The summed E-state index contributed by atoms with van der Waals surface area (Å²) in [6, 6.07) is 16.6. The molecule has 0 amide bonds. The smallest absolute Gasteiger partial charge is 0.142 e. The fourth-order valence-electron chi connectivity index (χ4n) is 3.22. The van der Waals surface area contributed by atoms with E-state index in [1.54, 1.807) is 7.11 Å². The SMILES string of the molecule is COc1ccccc1N1CCN(Cc2nc3ccccc3s2)CC1. The molecule has 3 aromatic rings. The third-order valence-electron chi connectivity index (χ3n) is 4.50. The van der Waals surface area contributed by atoms with E-state index in [0.717, 1.165) is 44.0 Å². The number of fused-ring (bicyclic) bond motifs is 1. The zero-order valence-corrected chi connectivity index (χ0v) is 14.6. The van der Waals surface area contributed by atoms with Gasteiger partial charge in [0.1, 0.15) is 10.8 Å². The van der Waals surface area contributed by atoms with Crippen molar-refractivity contribution in [2.24, 2.45) is 0 Å². The number of piperazine rings is 1. The molecule has 2 heterocycles.